The van der Waals surface area contributed by atoms with Gasteiger partial charge in [-0.25, -0.2) is 9.67 Å². The predicted octanol–water partition coefficient (Wildman–Crippen LogP) is 1.95. The average Bonchev–Trinajstić information content (AvgIpc) is 3.00. The number of nitrogens with one attached hydrogen (secondary N) is 1. The van der Waals surface area contributed by atoms with Crippen LogP contribution in [0.2, 0.25) is 0 Å². The largest absolute Gasteiger partial charge is 0.480 e. The van der Waals surface area contributed by atoms with Gasteiger partial charge in [-0.3, -0.25) is 14.9 Å². The zero-order valence-corrected chi connectivity index (χ0v) is 12.7. The number of carboxylic acid groups (broad SMARTS) is 1. The fourth-order valence-corrected chi connectivity index (χ4v) is 3.66. The first kappa shape index (κ1) is 14.7. The fourth-order valence-electron chi connectivity index (χ4n) is 2.51. The molecule has 1 amide bonds. The van der Waals surface area contributed by atoms with Crippen molar-refractivity contribution in [1.29, 1.82) is 0 Å². The Bertz CT molecular complexity index is 683. The van der Waals surface area contributed by atoms with E-state index >= 15 is 0 Å². The van der Waals surface area contributed by atoms with E-state index in [-0.39, 0.29) is 18.4 Å². The summed E-state index contributed by atoms with van der Waals surface area (Å²) in [4.78, 5) is 28.7. The van der Waals surface area contributed by atoms with Crippen LogP contribution in [0.1, 0.15) is 39.4 Å². The van der Waals surface area contributed by atoms with Gasteiger partial charge in [0.05, 0.1) is 4.88 Å². The van der Waals surface area contributed by atoms with Crippen LogP contribution in [0, 0.1) is 0 Å². The molecule has 3 rings (SSSR count). The SMILES string of the molecule is O=C(O)Cn1cnc(NC(=O)c2cc3c(s2)CCCCC3)n1. The highest BCUT2D eigenvalue weighted by Crippen LogP contribution is 2.29. The number of carbonyl (C=O) groups excluding carboxylic acids is 1. The second-order valence-electron chi connectivity index (χ2n) is 5.23. The molecule has 0 aromatic carbocycles. The number of aryl methyl sites for hydroxylation is 2. The summed E-state index contributed by atoms with van der Waals surface area (Å²) in [7, 11) is 0. The zero-order valence-electron chi connectivity index (χ0n) is 11.9. The maximum Gasteiger partial charge on any atom is 0.325 e. The van der Waals surface area contributed by atoms with E-state index in [1.807, 2.05) is 6.07 Å². The van der Waals surface area contributed by atoms with Gasteiger partial charge in [-0.15, -0.1) is 16.4 Å². The molecule has 2 heterocycles. The molecule has 0 spiro atoms. The third kappa shape index (κ3) is 3.33. The first-order chi connectivity index (χ1) is 10.6. The van der Waals surface area contributed by atoms with E-state index in [1.54, 1.807) is 0 Å². The number of anilines is 1. The lowest BCUT2D eigenvalue weighted by Crippen LogP contribution is -2.13. The number of nitrogens with zero attached hydrogens (tertiary/aromatic N) is 3. The summed E-state index contributed by atoms with van der Waals surface area (Å²) >= 11 is 1.52. The maximum absolute atomic E-state index is 12.2. The molecule has 1 aliphatic rings. The van der Waals surface area contributed by atoms with Crippen molar-refractivity contribution in [3.05, 3.63) is 27.7 Å². The van der Waals surface area contributed by atoms with E-state index in [4.69, 9.17) is 5.11 Å². The lowest BCUT2D eigenvalue weighted by Gasteiger charge is -1.98. The molecule has 0 radical (unpaired) electrons. The number of rotatable bonds is 4. The number of aromatic nitrogens is 3. The van der Waals surface area contributed by atoms with Crippen LogP contribution in [0.25, 0.3) is 0 Å². The summed E-state index contributed by atoms with van der Waals surface area (Å²) in [5.41, 5.74) is 1.28. The average molecular weight is 320 g/mol. The normalized spacial score (nSPS) is 14.2. The van der Waals surface area contributed by atoms with E-state index in [0.29, 0.717) is 4.88 Å². The predicted molar refractivity (Wildman–Crippen MR) is 81.2 cm³/mol. The third-order valence-corrected chi connectivity index (χ3v) is 4.77. The van der Waals surface area contributed by atoms with Gasteiger partial charge in [0.15, 0.2) is 0 Å². The Hall–Kier alpha value is -2.22. The molecule has 1 aliphatic carbocycles. The van der Waals surface area contributed by atoms with Crippen LogP contribution in [0.5, 0.6) is 0 Å². The van der Waals surface area contributed by atoms with Gasteiger partial charge in [-0.2, -0.15) is 0 Å². The lowest BCUT2D eigenvalue weighted by atomic mass is 10.1. The van der Waals surface area contributed by atoms with Gasteiger partial charge in [0, 0.05) is 4.88 Å². The van der Waals surface area contributed by atoms with Gasteiger partial charge in [0.2, 0.25) is 5.95 Å². The Labute approximate surface area is 131 Å². The standard InChI is InChI=1S/C14H16N4O3S/c19-12(20)7-18-8-15-14(17-18)16-13(21)11-6-9-4-2-1-3-5-10(9)22-11/h6,8H,1-5,7H2,(H,19,20)(H,16,17,21). The number of hydrogen-bond donors (Lipinski definition) is 2. The fraction of sp³-hybridized carbons (Fsp3) is 0.429. The van der Waals surface area contributed by atoms with Crippen LogP contribution in [-0.4, -0.2) is 31.7 Å². The van der Waals surface area contributed by atoms with Gasteiger partial charge in [-0.05, 0) is 37.3 Å². The molecular weight excluding hydrogens is 304 g/mol. The summed E-state index contributed by atoms with van der Waals surface area (Å²) in [5.74, 6) is -1.13. The minimum absolute atomic E-state index is 0.120. The molecule has 0 unspecified atom stereocenters. The number of fused-ring (bicyclic) bond motifs is 1. The van der Waals surface area contributed by atoms with Crippen LogP contribution >= 0.6 is 11.3 Å². The minimum atomic E-state index is -1.01. The highest BCUT2D eigenvalue weighted by Gasteiger charge is 2.17. The quantitative estimate of drug-likeness (QED) is 0.839. The van der Waals surface area contributed by atoms with E-state index in [0.717, 1.165) is 12.8 Å². The molecule has 2 aromatic heterocycles. The molecule has 8 heteroatoms. The summed E-state index contributed by atoms with van der Waals surface area (Å²) in [6, 6.07) is 1.95. The summed E-state index contributed by atoms with van der Waals surface area (Å²) < 4.78 is 1.17. The van der Waals surface area contributed by atoms with Gasteiger partial charge < -0.3 is 5.11 Å². The molecule has 0 bridgehead atoms. The monoisotopic (exact) mass is 320 g/mol. The smallest absolute Gasteiger partial charge is 0.325 e. The number of hydrogen-bond acceptors (Lipinski definition) is 5. The minimum Gasteiger partial charge on any atom is -0.480 e. The summed E-state index contributed by atoms with van der Waals surface area (Å²) in [6.45, 7) is -0.282. The molecule has 116 valence electrons. The highest BCUT2D eigenvalue weighted by atomic mass is 32.1. The van der Waals surface area contributed by atoms with Crippen LogP contribution < -0.4 is 5.32 Å². The Kier molecular flexibility index (Phi) is 4.19. The van der Waals surface area contributed by atoms with Crippen molar-refractivity contribution in [1.82, 2.24) is 14.8 Å². The Morgan fingerprint density at radius 3 is 2.95 bits per heavy atom. The number of amides is 1. The zero-order chi connectivity index (χ0) is 15.5. The van der Waals surface area contributed by atoms with Crippen molar-refractivity contribution in [3.63, 3.8) is 0 Å². The molecule has 0 saturated heterocycles. The molecule has 7 nitrogen and oxygen atoms in total. The Morgan fingerprint density at radius 1 is 1.32 bits per heavy atom. The molecule has 2 aromatic rings. The van der Waals surface area contributed by atoms with E-state index in [9.17, 15) is 9.59 Å². The molecule has 0 saturated carbocycles. The molecule has 0 fully saturated rings. The van der Waals surface area contributed by atoms with Crippen LogP contribution in [-0.2, 0) is 24.2 Å². The Morgan fingerprint density at radius 2 is 2.14 bits per heavy atom. The van der Waals surface area contributed by atoms with Crippen molar-refractivity contribution in [2.45, 2.75) is 38.6 Å². The van der Waals surface area contributed by atoms with E-state index in [1.165, 1.54) is 52.0 Å². The summed E-state index contributed by atoms with van der Waals surface area (Å²) in [6.07, 6.45) is 6.95. The van der Waals surface area contributed by atoms with Crippen molar-refractivity contribution in [3.8, 4) is 0 Å². The van der Waals surface area contributed by atoms with Crippen LogP contribution in [0.15, 0.2) is 12.4 Å². The van der Waals surface area contributed by atoms with Crippen molar-refractivity contribution in [2.75, 3.05) is 5.32 Å². The lowest BCUT2D eigenvalue weighted by molar-refractivity contribution is -0.137. The van der Waals surface area contributed by atoms with E-state index in [2.05, 4.69) is 15.4 Å². The number of carboxylic acids is 1. The highest BCUT2D eigenvalue weighted by molar-refractivity contribution is 7.14. The van der Waals surface area contributed by atoms with Gasteiger partial charge in [0.1, 0.15) is 12.9 Å². The van der Waals surface area contributed by atoms with Gasteiger partial charge in [0.25, 0.3) is 5.91 Å². The second-order valence-corrected chi connectivity index (χ2v) is 6.37. The maximum atomic E-state index is 12.2. The van der Waals surface area contributed by atoms with Crippen molar-refractivity contribution < 1.29 is 14.7 Å². The van der Waals surface area contributed by atoms with Crippen molar-refractivity contribution in [2.24, 2.45) is 0 Å². The second kappa shape index (κ2) is 6.27. The topological polar surface area (TPSA) is 97.1 Å². The summed E-state index contributed by atoms with van der Waals surface area (Å²) in [5, 5.41) is 15.2. The molecule has 2 N–H and O–H groups in total. The molecule has 0 aliphatic heterocycles. The number of carbonyl (C=O) groups is 2. The number of aliphatic carboxylic acids is 1. The number of thiophene rings is 1. The third-order valence-electron chi connectivity index (χ3n) is 3.53. The van der Waals surface area contributed by atoms with Crippen LogP contribution in [0.4, 0.5) is 5.95 Å². The van der Waals surface area contributed by atoms with Crippen molar-refractivity contribution >= 4 is 29.2 Å². The molecular formula is C14H16N4O3S. The van der Waals surface area contributed by atoms with E-state index < -0.39 is 5.97 Å². The van der Waals surface area contributed by atoms with Gasteiger partial charge >= 0.3 is 5.97 Å². The molecule has 0 atom stereocenters. The Balaban J connectivity index is 1.69. The first-order valence-electron chi connectivity index (χ1n) is 7.16. The van der Waals surface area contributed by atoms with Crippen LogP contribution in [0.3, 0.4) is 0 Å². The van der Waals surface area contributed by atoms with Gasteiger partial charge in [-0.1, -0.05) is 6.42 Å². The first-order valence-corrected chi connectivity index (χ1v) is 7.97. The molecule has 22 heavy (non-hydrogen) atoms.